The molecule has 0 heterocycles. The zero-order valence-electron chi connectivity index (χ0n) is 12.7. The lowest BCUT2D eigenvalue weighted by Gasteiger charge is -2.13. The van der Waals surface area contributed by atoms with Crippen molar-refractivity contribution in [3.63, 3.8) is 0 Å². The van der Waals surface area contributed by atoms with Crippen LogP contribution in [0.2, 0.25) is 0 Å². The van der Waals surface area contributed by atoms with E-state index in [0.29, 0.717) is 5.69 Å². The molecule has 0 saturated carbocycles. The number of hydrogen-bond donors (Lipinski definition) is 2. The molecule has 0 aliphatic carbocycles. The summed E-state index contributed by atoms with van der Waals surface area (Å²) in [5.41, 5.74) is 6.03. The van der Waals surface area contributed by atoms with Crippen LogP contribution < -0.4 is 11.1 Å². The van der Waals surface area contributed by atoms with Crippen molar-refractivity contribution in [1.82, 2.24) is 0 Å². The Labute approximate surface area is 138 Å². The summed E-state index contributed by atoms with van der Waals surface area (Å²) in [7, 11) is 0. The third-order valence-electron chi connectivity index (χ3n) is 2.59. The van der Waals surface area contributed by atoms with Crippen LogP contribution in [0, 0.1) is 10.1 Å². The first-order valence-electron chi connectivity index (χ1n) is 6.76. The number of nitrogens with two attached hydrogens (primary N) is 1. The molecule has 1 rings (SSSR count). The van der Waals surface area contributed by atoms with Crippen molar-refractivity contribution in [2.45, 2.75) is 13.8 Å². The van der Waals surface area contributed by atoms with Crippen LogP contribution in [0.5, 0.6) is 0 Å². The van der Waals surface area contributed by atoms with Gasteiger partial charge in [0.15, 0.2) is 5.57 Å². The van der Waals surface area contributed by atoms with Crippen LogP contribution in [0.4, 0.5) is 11.4 Å². The molecule has 124 valence electrons. The van der Waals surface area contributed by atoms with Gasteiger partial charge >= 0.3 is 5.97 Å². The fourth-order valence-electron chi connectivity index (χ4n) is 1.60. The van der Waals surface area contributed by atoms with Crippen molar-refractivity contribution in [1.29, 1.82) is 0 Å². The summed E-state index contributed by atoms with van der Waals surface area (Å²) in [6, 6.07) is 5.54. The molecule has 0 saturated heterocycles. The highest BCUT2D eigenvalue weighted by molar-refractivity contribution is 7.81. The molecule has 0 spiro atoms. The Morgan fingerprint density at radius 3 is 2.30 bits per heavy atom. The number of benzene rings is 1. The number of thiocarbonyl (C=S) groups is 1. The van der Waals surface area contributed by atoms with E-state index in [1.807, 2.05) is 0 Å². The first kappa shape index (κ1) is 18.4. The van der Waals surface area contributed by atoms with Crippen LogP contribution in [0.1, 0.15) is 13.8 Å². The number of hydrogen-bond acceptors (Lipinski definition) is 7. The zero-order valence-corrected chi connectivity index (χ0v) is 13.5. The lowest BCUT2D eigenvalue weighted by Crippen LogP contribution is -2.26. The highest BCUT2D eigenvalue weighted by Crippen LogP contribution is 2.17. The highest BCUT2D eigenvalue weighted by Gasteiger charge is 2.22. The fraction of sp³-hybridized carbons (Fsp3) is 0.286. The van der Waals surface area contributed by atoms with E-state index in [-0.39, 0.29) is 35.3 Å². The van der Waals surface area contributed by atoms with E-state index in [9.17, 15) is 14.9 Å². The molecule has 1 aromatic carbocycles. The Balaban J connectivity index is 2.99. The Morgan fingerprint density at radius 2 is 1.83 bits per heavy atom. The maximum atomic E-state index is 12.0. The maximum Gasteiger partial charge on any atom is 0.346 e. The minimum absolute atomic E-state index is 0.00301. The summed E-state index contributed by atoms with van der Waals surface area (Å²) in [5.74, 6) is -0.858. The quantitative estimate of drug-likeness (QED) is 0.194. The van der Waals surface area contributed by atoms with Crippen LogP contribution in [-0.2, 0) is 14.3 Å². The monoisotopic (exact) mass is 339 g/mol. The molecule has 8 nitrogen and oxygen atoms in total. The van der Waals surface area contributed by atoms with Crippen LogP contribution in [0.3, 0.4) is 0 Å². The van der Waals surface area contributed by atoms with Gasteiger partial charge in [0.25, 0.3) is 5.69 Å². The molecule has 0 unspecified atom stereocenters. The SMILES string of the molecule is CCOC(=O)C(C(=S)Nc1ccc([N+](=O)[O-])cc1)=C(N)OCC. The van der Waals surface area contributed by atoms with Crippen molar-refractivity contribution in [2.75, 3.05) is 18.5 Å². The Morgan fingerprint density at radius 1 is 1.26 bits per heavy atom. The summed E-state index contributed by atoms with van der Waals surface area (Å²) in [4.78, 5) is 22.1. The van der Waals surface area contributed by atoms with E-state index in [2.05, 4.69) is 5.32 Å². The van der Waals surface area contributed by atoms with Gasteiger partial charge in [-0.3, -0.25) is 10.1 Å². The minimum Gasteiger partial charge on any atom is -0.479 e. The van der Waals surface area contributed by atoms with Crippen LogP contribution >= 0.6 is 12.2 Å². The highest BCUT2D eigenvalue weighted by atomic mass is 32.1. The number of nitro benzene ring substituents is 1. The topological polar surface area (TPSA) is 117 Å². The van der Waals surface area contributed by atoms with Crippen molar-refractivity contribution < 1.29 is 19.2 Å². The zero-order chi connectivity index (χ0) is 17.4. The molecule has 0 bridgehead atoms. The van der Waals surface area contributed by atoms with Gasteiger partial charge in [-0.05, 0) is 26.0 Å². The van der Waals surface area contributed by atoms with Crippen molar-refractivity contribution in [3.05, 3.63) is 45.8 Å². The number of nitro groups is 1. The van der Waals surface area contributed by atoms with Gasteiger partial charge in [-0.1, -0.05) is 12.2 Å². The molecule has 0 fully saturated rings. The van der Waals surface area contributed by atoms with E-state index in [0.717, 1.165) is 0 Å². The van der Waals surface area contributed by atoms with E-state index < -0.39 is 10.9 Å². The predicted octanol–water partition coefficient (Wildman–Crippen LogP) is 2.10. The van der Waals surface area contributed by atoms with Crippen molar-refractivity contribution in [3.8, 4) is 0 Å². The molecule has 0 aliphatic rings. The largest absolute Gasteiger partial charge is 0.479 e. The van der Waals surface area contributed by atoms with E-state index in [1.165, 1.54) is 24.3 Å². The first-order valence-corrected chi connectivity index (χ1v) is 7.17. The molecule has 0 amide bonds. The summed E-state index contributed by atoms with van der Waals surface area (Å²) in [6.45, 7) is 3.78. The molecule has 23 heavy (non-hydrogen) atoms. The smallest absolute Gasteiger partial charge is 0.346 e. The Bertz CT molecular complexity index is 628. The fourth-order valence-corrected chi connectivity index (χ4v) is 1.90. The van der Waals surface area contributed by atoms with E-state index in [1.54, 1.807) is 13.8 Å². The number of ether oxygens (including phenoxy) is 2. The predicted molar refractivity (Wildman–Crippen MR) is 88.8 cm³/mol. The van der Waals surface area contributed by atoms with E-state index >= 15 is 0 Å². The minimum atomic E-state index is -0.710. The molecular formula is C14H17N3O5S. The van der Waals surface area contributed by atoms with Gasteiger partial charge in [-0.25, -0.2) is 4.79 Å². The van der Waals surface area contributed by atoms with E-state index in [4.69, 9.17) is 27.4 Å². The number of esters is 1. The lowest BCUT2D eigenvalue weighted by atomic mass is 10.2. The number of non-ortho nitro benzene ring substituents is 1. The van der Waals surface area contributed by atoms with Crippen LogP contribution in [0.15, 0.2) is 35.7 Å². The van der Waals surface area contributed by atoms with Gasteiger partial charge < -0.3 is 20.5 Å². The number of nitrogens with zero attached hydrogens (tertiary/aromatic N) is 1. The molecular weight excluding hydrogens is 322 g/mol. The standard InChI is InChI=1S/C14H17N3O5S/c1-3-21-12(15)11(14(18)22-4-2)13(23)16-9-5-7-10(8-6-9)17(19)20/h5-8H,3-4,15H2,1-2H3,(H,16,23). The number of carbonyl (C=O) groups is 1. The van der Waals surface area contributed by atoms with Gasteiger partial charge in [0, 0.05) is 17.8 Å². The molecule has 3 N–H and O–H groups in total. The number of rotatable bonds is 7. The molecule has 1 aromatic rings. The summed E-state index contributed by atoms with van der Waals surface area (Å²) in [5, 5.41) is 13.4. The molecule has 0 aromatic heterocycles. The normalized spacial score (nSPS) is 11.2. The van der Waals surface area contributed by atoms with Gasteiger partial charge in [0.05, 0.1) is 18.1 Å². The Hall–Kier alpha value is -2.68. The number of nitrogens with one attached hydrogen (secondary N) is 1. The van der Waals surface area contributed by atoms with Crippen LogP contribution in [-0.4, -0.2) is 29.1 Å². The average molecular weight is 339 g/mol. The number of anilines is 1. The first-order chi connectivity index (χ1) is 10.9. The van der Waals surface area contributed by atoms with Crippen LogP contribution in [0.25, 0.3) is 0 Å². The lowest BCUT2D eigenvalue weighted by molar-refractivity contribution is -0.384. The average Bonchev–Trinajstić information content (AvgIpc) is 2.48. The molecule has 0 aliphatic heterocycles. The Kier molecular flexibility index (Phi) is 6.94. The maximum absolute atomic E-state index is 12.0. The van der Waals surface area contributed by atoms with Crippen molar-refractivity contribution in [2.24, 2.45) is 5.73 Å². The second kappa shape index (κ2) is 8.69. The third kappa shape index (κ3) is 5.22. The summed E-state index contributed by atoms with van der Waals surface area (Å²) in [6.07, 6.45) is 0. The second-order valence-corrected chi connectivity index (χ2v) is 4.56. The molecule has 0 radical (unpaired) electrons. The molecule has 0 atom stereocenters. The van der Waals surface area contributed by atoms with Gasteiger partial charge in [0.1, 0.15) is 4.99 Å². The number of carbonyl (C=O) groups excluding carboxylic acids is 1. The second-order valence-electron chi connectivity index (χ2n) is 4.15. The summed E-state index contributed by atoms with van der Waals surface area (Å²) < 4.78 is 10.0. The van der Waals surface area contributed by atoms with Gasteiger partial charge in [0.2, 0.25) is 5.88 Å². The van der Waals surface area contributed by atoms with Gasteiger partial charge in [-0.2, -0.15) is 0 Å². The third-order valence-corrected chi connectivity index (χ3v) is 2.90. The summed E-state index contributed by atoms with van der Waals surface area (Å²) >= 11 is 5.16. The van der Waals surface area contributed by atoms with Crippen molar-refractivity contribution >= 4 is 34.6 Å². The van der Waals surface area contributed by atoms with Gasteiger partial charge in [-0.15, -0.1) is 0 Å². The molecule has 9 heteroatoms.